The molecule has 0 radical (unpaired) electrons. The number of nitrogens with one attached hydrogen (secondary N) is 1. The first-order valence-corrected chi connectivity index (χ1v) is 9.95. The smallest absolute Gasteiger partial charge is 0.329 e. The molecule has 31 heavy (non-hydrogen) atoms. The maximum atomic E-state index is 12.9. The number of nitrogens with zero attached hydrogens (tertiary/aromatic N) is 1. The van der Waals surface area contributed by atoms with Gasteiger partial charge in [0.25, 0.3) is 0 Å². The summed E-state index contributed by atoms with van der Waals surface area (Å²) in [6.45, 7) is 1.94. The number of benzene rings is 2. The van der Waals surface area contributed by atoms with Crippen molar-refractivity contribution >= 4 is 17.8 Å². The Bertz CT molecular complexity index is 860. The largest absolute Gasteiger partial charge is 0.491 e. The third kappa shape index (κ3) is 7.75. The average molecular weight is 428 g/mol. The zero-order valence-electron chi connectivity index (χ0n) is 17.9. The second kappa shape index (κ2) is 11.7. The third-order valence-corrected chi connectivity index (χ3v) is 4.73. The van der Waals surface area contributed by atoms with Gasteiger partial charge in [0.05, 0.1) is 13.7 Å². The molecule has 2 aromatic rings. The summed E-state index contributed by atoms with van der Waals surface area (Å²) in [5, 5.41) is 2.96. The number of para-hydroxylation sites is 1. The lowest BCUT2D eigenvalue weighted by molar-refractivity contribution is -0.149. The van der Waals surface area contributed by atoms with E-state index in [4.69, 9.17) is 15.2 Å². The highest BCUT2D eigenvalue weighted by Gasteiger charge is 2.36. The van der Waals surface area contributed by atoms with Crippen molar-refractivity contribution in [2.45, 2.75) is 25.4 Å². The highest BCUT2D eigenvalue weighted by Crippen LogP contribution is 2.14. The van der Waals surface area contributed by atoms with Crippen LogP contribution in [0.1, 0.15) is 18.9 Å². The fraction of sp³-hybridized carbons (Fsp3) is 0.348. The molecule has 0 saturated heterocycles. The molecule has 0 fully saturated rings. The van der Waals surface area contributed by atoms with Crippen LogP contribution in [0.2, 0.25) is 0 Å². The minimum absolute atomic E-state index is 0.0308. The quantitative estimate of drug-likeness (QED) is 0.497. The summed E-state index contributed by atoms with van der Waals surface area (Å²) in [5.41, 5.74) is 4.93. The summed E-state index contributed by atoms with van der Waals surface area (Å²) in [6.07, 6.45) is 0.0456. The van der Waals surface area contributed by atoms with Crippen molar-refractivity contribution in [2.24, 2.45) is 5.73 Å². The topological polar surface area (TPSA) is 111 Å². The van der Waals surface area contributed by atoms with E-state index in [9.17, 15) is 14.4 Å². The van der Waals surface area contributed by atoms with Crippen molar-refractivity contribution in [3.05, 3.63) is 66.2 Å². The fourth-order valence-corrected chi connectivity index (χ4v) is 2.88. The number of methoxy groups -OCH3 is 1. The van der Waals surface area contributed by atoms with E-state index in [1.54, 1.807) is 19.1 Å². The van der Waals surface area contributed by atoms with Gasteiger partial charge in [0.2, 0.25) is 11.8 Å². The van der Waals surface area contributed by atoms with E-state index in [0.29, 0.717) is 12.3 Å². The monoisotopic (exact) mass is 427 g/mol. The molecular weight excluding hydrogens is 398 g/mol. The van der Waals surface area contributed by atoms with Crippen molar-refractivity contribution in [2.75, 3.05) is 26.8 Å². The number of carbonyl (C=O) groups excluding carboxylic acids is 3. The first-order chi connectivity index (χ1) is 14.8. The van der Waals surface area contributed by atoms with Crippen LogP contribution in [0.15, 0.2) is 60.7 Å². The van der Waals surface area contributed by atoms with Gasteiger partial charge in [-0.2, -0.15) is 0 Å². The highest BCUT2D eigenvalue weighted by atomic mass is 16.5. The molecule has 0 aliphatic rings. The molecule has 0 aliphatic carbocycles. The van der Waals surface area contributed by atoms with Gasteiger partial charge in [0, 0.05) is 19.5 Å². The Labute approximate surface area is 182 Å². The van der Waals surface area contributed by atoms with Crippen molar-refractivity contribution in [1.82, 2.24) is 10.2 Å². The van der Waals surface area contributed by atoms with Gasteiger partial charge in [0.1, 0.15) is 17.9 Å². The van der Waals surface area contributed by atoms with Crippen LogP contribution in [-0.4, -0.2) is 55.0 Å². The van der Waals surface area contributed by atoms with Crippen LogP contribution in [0.3, 0.4) is 0 Å². The molecule has 8 heteroatoms. The van der Waals surface area contributed by atoms with E-state index >= 15 is 0 Å². The predicted molar refractivity (Wildman–Crippen MR) is 116 cm³/mol. The van der Waals surface area contributed by atoms with Crippen LogP contribution in [0.4, 0.5) is 0 Å². The molecule has 0 aliphatic heterocycles. The lowest BCUT2D eigenvalue weighted by atomic mass is 10.0. The minimum atomic E-state index is -1.25. The van der Waals surface area contributed by atoms with Crippen LogP contribution in [0.25, 0.3) is 0 Å². The number of primary amides is 1. The van der Waals surface area contributed by atoms with Crippen molar-refractivity contribution in [3.8, 4) is 5.75 Å². The number of hydrogen-bond donors (Lipinski definition) is 2. The maximum absolute atomic E-state index is 12.9. The summed E-state index contributed by atoms with van der Waals surface area (Å²) in [6, 6.07) is 18.5. The molecule has 0 bridgehead atoms. The van der Waals surface area contributed by atoms with Crippen LogP contribution in [0, 0.1) is 0 Å². The number of hydrogen-bond acceptors (Lipinski definition) is 6. The van der Waals surface area contributed by atoms with Crippen molar-refractivity contribution in [3.63, 3.8) is 0 Å². The Balaban J connectivity index is 2.05. The van der Waals surface area contributed by atoms with Gasteiger partial charge in [-0.1, -0.05) is 48.5 Å². The summed E-state index contributed by atoms with van der Waals surface area (Å²) < 4.78 is 10.6. The number of carbonyl (C=O) groups is 3. The minimum Gasteiger partial charge on any atom is -0.491 e. The molecule has 0 spiro atoms. The van der Waals surface area contributed by atoms with Crippen molar-refractivity contribution < 1.29 is 23.9 Å². The SMILES string of the molecule is COC(=O)C(C)(COc1ccccc1)NCC(=O)N(CCC(N)=O)Cc1ccccc1. The van der Waals surface area contributed by atoms with Gasteiger partial charge in [0.15, 0.2) is 0 Å². The van der Waals surface area contributed by atoms with Crippen LogP contribution < -0.4 is 15.8 Å². The van der Waals surface area contributed by atoms with E-state index < -0.39 is 17.4 Å². The molecule has 8 nitrogen and oxygen atoms in total. The zero-order chi connectivity index (χ0) is 22.7. The second-order valence-corrected chi connectivity index (χ2v) is 7.30. The molecule has 2 rings (SSSR count). The maximum Gasteiger partial charge on any atom is 0.329 e. The van der Waals surface area contributed by atoms with Gasteiger partial charge in [-0.15, -0.1) is 0 Å². The molecule has 0 heterocycles. The molecule has 0 aromatic heterocycles. The van der Waals surface area contributed by atoms with E-state index in [0.717, 1.165) is 5.56 Å². The summed E-state index contributed by atoms with van der Waals surface area (Å²) >= 11 is 0. The molecule has 0 saturated carbocycles. The zero-order valence-corrected chi connectivity index (χ0v) is 17.9. The molecule has 1 unspecified atom stereocenters. The third-order valence-electron chi connectivity index (χ3n) is 4.73. The fourth-order valence-electron chi connectivity index (χ4n) is 2.88. The molecule has 2 aromatic carbocycles. The summed E-state index contributed by atoms with van der Waals surface area (Å²) in [7, 11) is 1.28. The first kappa shape index (κ1) is 23.9. The van der Waals surface area contributed by atoms with Crippen molar-refractivity contribution in [1.29, 1.82) is 0 Å². The molecule has 3 N–H and O–H groups in total. The van der Waals surface area contributed by atoms with Gasteiger partial charge in [-0.05, 0) is 24.6 Å². The number of ether oxygens (including phenoxy) is 2. The Hall–Kier alpha value is -3.39. The standard InChI is InChI=1S/C23H29N3O5/c1-23(22(29)30-2,17-31-19-11-7-4-8-12-19)25-15-21(28)26(14-13-20(24)27)16-18-9-5-3-6-10-18/h3-12,25H,13-17H2,1-2H3,(H2,24,27). The Morgan fingerprint density at radius 3 is 2.23 bits per heavy atom. The van der Waals surface area contributed by atoms with Gasteiger partial charge in [-0.3, -0.25) is 14.9 Å². The van der Waals surface area contributed by atoms with Crippen LogP contribution in [0.5, 0.6) is 5.75 Å². The van der Waals surface area contributed by atoms with E-state index in [1.807, 2.05) is 48.5 Å². The Morgan fingerprint density at radius 1 is 1.03 bits per heavy atom. The first-order valence-electron chi connectivity index (χ1n) is 9.95. The molecule has 166 valence electrons. The number of nitrogens with two attached hydrogens (primary N) is 1. The number of rotatable bonds is 12. The summed E-state index contributed by atoms with van der Waals surface area (Å²) in [4.78, 5) is 38.1. The Morgan fingerprint density at radius 2 is 1.65 bits per heavy atom. The second-order valence-electron chi connectivity index (χ2n) is 7.30. The molecule has 2 amide bonds. The van der Waals surface area contributed by atoms with Gasteiger partial charge in [-0.25, -0.2) is 4.79 Å². The van der Waals surface area contributed by atoms with Crippen LogP contribution in [-0.2, 0) is 25.7 Å². The average Bonchev–Trinajstić information content (AvgIpc) is 2.79. The van der Waals surface area contributed by atoms with Gasteiger partial charge < -0.3 is 20.1 Å². The van der Waals surface area contributed by atoms with E-state index in [-0.39, 0.29) is 32.0 Å². The number of amides is 2. The molecular formula is C23H29N3O5. The van der Waals surface area contributed by atoms with E-state index in [1.165, 1.54) is 12.0 Å². The molecule has 1 atom stereocenters. The lowest BCUT2D eigenvalue weighted by Crippen LogP contribution is -2.57. The predicted octanol–water partition coefficient (Wildman–Crippen LogP) is 1.49. The lowest BCUT2D eigenvalue weighted by Gasteiger charge is -2.29. The summed E-state index contributed by atoms with van der Waals surface area (Å²) in [5.74, 6) is -0.727. The van der Waals surface area contributed by atoms with Gasteiger partial charge >= 0.3 is 5.97 Å². The number of esters is 1. The van der Waals surface area contributed by atoms with E-state index in [2.05, 4.69) is 5.32 Å². The highest BCUT2D eigenvalue weighted by molar-refractivity contribution is 5.83. The van der Waals surface area contributed by atoms with Crippen LogP contribution >= 0.6 is 0 Å². The normalized spacial score (nSPS) is 12.5. The Kier molecular flexibility index (Phi) is 9.02.